The summed E-state index contributed by atoms with van der Waals surface area (Å²) in [6, 6.07) is 9.42. The summed E-state index contributed by atoms with van der Waals surface area (Å²) in [5, 5.41) is 0. The van der Waals surface area contributed by atoms with Gasteiger partial charge in [0.1, 0.15) is 0 Å². The summed E-state index contributed by atoms with van der Waals surface area (Å²) in [4.78, 5) is 13.5. The summed E-state index contributed by atoms with van der Waals surface area (Å²) in [5.74, 6) is 0.217. The molecule has 0 aliphatic rings. The van der Waals surface area contributed by atoms with Gasteiger partial charge in [0.2, 0.25) is 0 Å². The number of benzene rings is 1. The Morgan fingerprint density at radius 2 is 1.67 bits per heavy atom. The fourth-order valence-corrected chi connectivity index (χ4v) is 1.09. The molecule has 2 nitrogen and oxygen atoms in total. The highest BCUT2D eigenvalue weighted by atomic mass is 16.1. The standard InChI is InChI=1S/C11H15NO.C2H6/c1-12(2)9-8-11(13)10-6-4-3-5-7-10;1-2/h3-7H,8-9H2,1-2H3;1-2H3. The zero-order valence-corrected chi connectivity index (χ0v) is 10.2. The minimum Gasteiger partial charge on any atom is -0.309 e. The molecular formula is C13H21NO. The Bertz CT molecular complexity index is 267. The Balaban J connectivity index is 0.000000921. The van der Waals surface area contributed by atoms with Crippen LogP contribution in [0.25, 0.3) is 0 Å². The third-order valence-corrected chi connectivity index (χ3v) is 1.88. The van der Waals surface area contributed by atoms with Crippen molar-refractivity contribution >= 4 is 5.78 Å². The van der Waals surface area contributed by atoms with Gasteiger partial charge < -0.3 is 4.90 Å². The quantitative estimate of drug-likeness (QED) is 0.708. The summed E-state index contributed by atoms with van der Waals surface area (Å²) < 4.78 is 0. The highest BCUT2D eigenvalue weighted by Crippen LogP contribution is 2.02. The number of carbonyl (C=O) groups excluding carboxylic acids is 1. The van der Waals surface area contributed by atoms with Crippen molar-refractivity contribution in [2.75, 3.05) is 20.6 Å². The van der Waals surface area contributed by atoms with E-state index in [1.807, 2.05) is 63.2 Å². The van der Waals surface area contributed by atoms with Gasteiger partial charge in [-0.15, -0.1) is 0 Å². The van der Waals surface area contributed by atoms with E-state index >= 15 is 0 Å². The van der Waals surface area contributed by atoms with Crippen molar-refractivity contribution in [3.05, 3.63) is 35.9 Å². The van der Waals surface area contributed by atoms with Crippen LogP contribution >= 0.6 is 0 Å². The van der Waals surface area contributed by atoms with Crippen LogP contribution in [0.5, 0.6) is 0 Å². The monoisotopic (exact) mass is 207 g/mol. The molecule has 0 unspecified atom stereocenters. The molecule has 0 heterocycles. The third kappa shape index (κ3) is 6.02. The Morgan fingerprint density at radius 1 is 1.13 bits per heavy atom. The molecule has 0 radical (unpaired) electrons. The van der Waals surface area contributed by atoms with Crippen molar-refractivity contribution in [2.24, 2.45) is 0 Å². The van der Waals surface area contributed by atoms with Gasteiger partial charge in [0, 0.05) is 18.5 Å². The van der Waals surface area contributed by atoms with Crippen LogP contribution in [0, 0.1) is 0 Å². The Morgan fingerprint density at radius 3 is 2.13 bits per heavy atom. The maximum atomic E-state index is 11.5. The highest BCUT2D eigenvalue weighted by Gasteiger charge is 2.04. The van der Waals surface area contributed by atoms with Gasteiger partial charge in [0.15, 0.2) is 5.78 Å². The van der Waals surface area contributed by atoms with Crippen molar-refractivity contribution < 1.29 is 4.79 Å². The van der Waals surface area contributed by atoms with Crippen LogP contribution in [0.15, 0.2) is 30.3 Å². The van der Waals surface area contributed by atoms with E-state index in [-0.39, 0.29) is 5.78 Å². The van der Waals surface area contributed by atoms with E-state index in [1.165, 1.54) is 0 Å². The van der Waals surface area contributed by atoms with Gasteiger partial charge in [0.05, 0.1) is 0 Å². The minimum absolute atomic E-state index is 0.217. The lowest BCUT2D eigenvalue weighted by Gasteiger charge is -2.07. The molecule has 15 heavy (non-hydrogen) atoms. The second kappa shape index (κ2) is 8.18. The number of carbonyl (C=O) groups is 1. The topological polar surface area (TPSA) is 20.3 Å². The molecule has 84 valence electrons. The zero-order valence-electron chi connectivity index (χ0n) is 10.2. The van der Waals surface area contributed by atoms with Crippen LogP contribution < -0.4 is 0 Å². The largest absolute Gasteiger partial charge is 0.309 e. The van der Waals surface area contributed by atoms with E-state index in [1.54, 1.807) is 0 Å². The zero-order chi connectivity index (χ0) is 11.7. The van der Waals surface area contributed by atoms with Crippen LogP contribution in [-0.2, 0) is 0 Å². The molecule has 0 bridgehead atoms. The van der Waals surface area contributed by atoms with Gasteiger partial charge in [0.25, 0.3) is 0 Å². The summed E-state index contributed by atoms with van der Waals surface area (Å²) >= 11 is 0. The number of ketones is 1. The molecule has 0 aliphatic carbocycles. The van der Waals surface area contributed by atoms with E-state index in [9.17, 15) is 4.79 Å². The van der Waals surface area contributed by atoms with Crippen molar-refractivity contribution in [1.29, 1.82) is 0 Å². The summed E-state index contributed by atoms with van der Waals surface area (Å²) in [5.41, 5.74) is 0.810. The maximum Gasteiger partial charge on any atom is 0.164 e. The van der Waals surface area contributed by atoms with Crippen molar-refractivity contribution in [2.45, 2.75) is 20.3 Å². The Kier molecular flexibility index (Phi) is 7.56. The van der Waals surface area contributed by atoms with Crippen molar-refractivity contribution in [1.82, 2.24) is 4.90 Å². The lowest BCUT2D eigenvalue weighted by atomic mass is 10.1. The molecule has 0 aliphatic heterocycles. The first-order valence-corrected chi connectivity index (χ1v) is 5.43. The van der Waals surface area contributed by atoms with Crippen LogP contribution in [0.1, 0.15) is 30.6 Å². The second-order valence-corrected chi connectivity index (χ2v) is 3.34. The predicted octanol–water partition coefficient (Wildman–Crippen LogP) is 2.85. The van der Waals surface area contributed by atoms with Crippen molar-refractivity contribution in [3.63, 3.8) is 0 Å². The van der Waals surface area contributed by atoms with Gasteiger partial charge in [-0.25, -0.2) is 0 Å². The minimum atomic E-state index is 0.217. The molecule has 0 spiro atoms. The molecule has 0 aromatic heterocycles. The molecule has 1 aromatic carbocycles. The van der Waals surface area contributed by atoms with Gasteiger partial charge in [-0.05, 0) is 14.1 Å². The predicted molar refractivity (Wildman–Crippen MR) is 65.3 cm³/mol. The molecule has 2 heteroatoms. The van der Waals surface area contributed by atoms with Crippen molar-refractivity contribution in [3.8, 4) is 0 Å². The lowest BCUT2D eigenvalue weighted by Crippen LogP contribution is -2.16. The van der Waals surface area contributed by atoms with E-state index < -0.39 is 0 Å². The molecule has 0 atom stereocenters. The van der Waals surface area contributed by atoms with Crippen LogP contribution in [0.3, 0.4) is 0 Å². The number of hydrogen-bond donors (Lipinski definition) is 0. The average molecular weight is 207 g/mol. The van der Waals surface area contributed by atoms with Gasteiger partial charge in [-0.1, -0.05) is 44.2 Å². The summed E-state index contributed by atoms with van der Waals surface area (Å²) in [6.45, 7) is 4.81. The lowest BCUT2D eigenvalue weighted by molar-refractivity contribution is 0.0972. The van der Waals surface area contributed by atoms with E-state index in [0.29, 0.717) is 6.42 Å². The van der Waals surface area contributed by atoms with Crippen LogP contribution in [-0.4, -0.2) is 31.3 Å². The van der Waals surface area contributed by atoms with E-state index in [4.69, 9.17) is 0 Å². The number of hydrogen-bond acceptors (Lipinski definition) is 2. The SMILES string of the molecule is CC.CN(C)CCC(=O)c1ccccc1. The summed E-state index contributed by atoms with van der Waals surface area (Å²) in [7, 11) is 3.94. The fraction of sp³-hybridized carbons (Fsp3) is 0.462. The molecule has 0 saturated heterocycles. The molecule has 0 amide bonds. The molecule has 0 saturated carbocycles. The molecule has 0 N–H and O–H groups in total. The first-order valence-electron chi connectivity index (χ1n) is 5.43. The molecular weight excluding hydrogens is 186 g/mol. The van der Waals surface area contributed by atoms with Gasteiger partial charge >= 0.3 is 0 Å². The molecule has 1 rings (SSSR count). The Hall–Kier alpha value is -1.15. The van der Waals surface area contributed by atoms with Gasteiger partial charge in [-0.2, -0.15) is 0 Å². The number of nitrogens with zero attached hydrogens (tertiary/aromatic N) is 1. The van der Waals surface area contributed by atoms with Gasteiger partial charge in [-0.3, -0.25) is 4.79 Å². The fourth-order valence-electron chi connectivity index (χ4n) is 1.09. The third-order valence-electron chi connectivity index (χ3n) is 1.88. The molecule has 1 aromatic rings. The summed E-state index contributed by atoms with van der Waals surface area (Å²) in [6.07, 6.45) is 0.594. The van der Waals surface area contributed by atoms with E-state index in [2.05, 4.69) is 0 Å². The normalized spacial score (nSPS) is 9.40. The van der Waals surface area contributed by atoms with E-state index in [0.717, 1.165) is 12.1 Å². The smallest absolute Gasteiger partial charge is 0.164 e. The highest BCUT2D eigenvalue weighted by molar-refractivity contribution is 5.96. The average Bonchev–Trinajstić information content (AvgIpc) is 2.30. The number of Topliss-reactive ketones (excluding diaryl/α,β-unsaturated/α-hetero) is 1. The molecule has 0 fully saturated rings. The first-order chi connectivity index (χ1) is 7.20. The first kappa shape index (κ1) is 13.8. The van der Waals surface area contributed by atoms with Crippen LogP contribution in [0.4, 0.5) is 0 Å². The Labute approximate surface area is 92.9 Å². The number of rotatable bonds is 4. The second-order valence-electron chi connectivity index (χ2n) is 3.34. The van der Waals surface area contributed by atoms with Crippen LogP contribution in [0.2, 0.25) is 0 Å². The maximum absolute atomic E-state index is 11.5.